The molecule has 0 N–H and O–H groups in total. The third-order valence-electron chi connectivity index (χ3n) is 3.13. The Morgan fingerprint density at radius 2 is 2.08 bits per heavy atom. The number of nitrogens with zero attached hydrogens (tertiary/aromatic N) is 1. The van der Waals surface area contributed by atoms with Crippen LogP contribution in [0, 0.1) is 17.2 Å². The zero-order valence-electron chi connectivity index (χ0n) is 7.33. The number of rotatable bonds is 2. The average molecular weight is 165 g/mol. The summed E-state index contributed by atoms with van der Waals surface area (Å²) < 4.78 is 5.78. The summed E-state index contributed by atoms with van der Waals surface area (Å²) in [6.45, 7) is 0. The number of ether oxygens (including phenoxy) is 1. The van der Waals surface area contributed by atoms with Crippen LogP contribution >= 0.6 is 0 Å². The van der Waals surface area contributed by atoms with Gasteiger partial charge >= 0.3 is 0 Å². The second-order valence-electron chi connectivity index (χ2n) is 3.93. The lowest BCUT2D eigenvalue weighted by atomic mass is 9.80. The van der Waals surface area contributed by atoms with Gasteiger partial charge in [-0.25, -0.2) is 0 Å². The van der Waals surface area contributed by atoms with E-state index in [4.69, 9.17) is 10.00 Å². The minimum Gasteiger partial charge on any atom is -0.374 e. The van der Waals surface area contributed by atoms with Gasteiger partial charge in [-0.3, -0.25) is 0 Å². The van der Waals surface area contributed by atoms with E-state index < -0.39 is 0 Å². The average Bonchev–Trinajstić information content (AvgIpc) is 2.34. The Labute approximate surface area is 73.5 Å². The first-order chi connectivity index (χ1) is 5.90. The van der Waals surface area contributed by atoms with Crippen molar-refractivity contribution in [3.05, 3.63) is 0 Å². The van der Waals surface area contributed by atoms with Gasteiger partial charge in [-0.05, 0) is 31.6 Å². The minimum atomic E-state index is 0.251. The highest BCUT2D eigenvalue weighted by Crippen LogP contribution is 2.37. The topological polar surface area (TPSA) is 33.0 Å². The lowest BCUT2D eigenvalue weighted by Crippen LogP contribution is -2.26. The van der Waals surface area contributed by atoms with E-state index in [-0.39, 0.29) is 6.10 Å². The second-order valence-corrected chi connectivity index (χ2v) is 3.93. The molecule has 66 valence electrons. The van der Waals surface area contributed by atoms with Crippen molar-refractivity contribution < 1.29 is 4.74 Å². The van der Waals surface area contributed by atoms with Gasteiger partial charge in [0.05, 0.1) is 24.7 Å². The highest BCUT2D eigenvalue weighted by atomic mass is 16.5. The first kappa shape index (κ1) is 8.07. The summed E-state index contributed by atoms with van der Waals surface area (Å²) in [7, 11) is 0. The molecule has 0 aromatic rings. The van der Waals surface area contributed by atoms with Crippen LogP contribution in [0.5, 0.6) is 0 Å². The quantitative estimate of drug-likeness (QED) is 0.628. The Morgan fingerprint density at radius 3 is 2.67 bits per heavy atom. The standard InChI is InChI=1S/C10H15NO/c11-7-6-9-4-5-10(12-9)8-2-1-3-8/h8-10H,1-6H2. The summed E-state index contributed by atoms with van der Waals surface area (Å²) in [5, 5.41) is 8.49. The molecule has 0 spiro atoms. The van der Waals surface area contributed by atoms with Crippen LogP contribution in [0.1, 0.15) is 38.5 Å². The zero-order chi connectivity index (χ0) is 8.39. The molecule has 0 aromatic heterocycles. The van der Waals surface area contributed by atoms with E-state index >= 15 is 0 Å². The maximum atomic E-state index is 8.49. The lowest BCUT2D eigenvalue weighted by Gasteiger charge is -2.30. The van der Waals surface area contributed by atoms with Gasteiger partial charge in [0, 0.05) is 0 Å². The number of nitriles is 1. The Hall–Kier alpha value is -0.550. The molecule has 2 heteroatoms. The van der Waals surface area contributed by atoms with Crippen LogP contribution in [0.2, 0.25) is 0 Å². The van der Waals surface area contributed by atoms with Crippen molar-refractivity contribution >= 4 is 0 Å². The first-order valence-corrected chi connectivity index (χ1v) is 4.92. The normalized spacial score (nSPS) is 35.9. The molecule has 1 aliphatic heterocycles. The molecule has 1 heterocycles. The fourth-order valence-corrected chi connectivity index (χ4v) is 2.14. The molecule has 1 saturated heterocycles. The zero-order valence-corrected chi connectivity index (χ0v) is 7.33. The van der Waals surface area contributed by atoms with Crippen molar-refractivity contribution in [1.29, 1.82) is 5.26 Å². The molecule has 12 heavy (non-hydrogen) atoms. The monoisotopic (exact) mass is 165 g/mol. The molecule has 0 bridgehead atoms. The van der Waals surface area contributed by atoms with E-state index in [1.54, 1.807) is 0 Å². The van der Waals surface area contributed by atoms with Gasteiger partial charge in [-0.2, -0.15) is 5.26 Å². The summed E-state index contributed by atoms with van der Waals surface area (Å²) in [4.78, 5) is 0. The Bertz CT molecular complexity index is 193. The summed E-state index contributed by atoms with van der Waals surface area (Å²) in [5.41, 5.74) is 0. The highest BCUT2D eigenvalue weighted by molar-refractivity contribution is 4.87. The molecular formula is C10H15NO. The van der Waals surface area contributed by atoms with Crippen LogP contribution in [0.15, 0.2) is 0 Å². The van der Waals surface area contributed by atoms with E-state index in [0.29, 0.717) is 12.5 Å². The molecule has 2 unspecified atom stereocenters. The van der Waals surface area contributed by atoms with Gasteiger partial charge in [0.25, 0.3) is 0 Å². The van der Waals surface area contributed by atoms with E-state index in [0.717, 1.165) is 12.3 Å². The van der Waals surface area contributed by atoms with Crippen molar-refractivity contribution in [2.75, 3.05) is 0 Å². The summed E-state index contributed by atoms with van der Waals surface area (Å²) in [6.07, 6.45) is 7.72. The second kappa shape index (κ2) is 3.45. The fourth-order valence-electron chi connectivity index (χ4n) is 2.14. The van der Waals surface area contributed by atoms with Crippen molar-refractivity contribution in [2.45, 2.75) is 50.7 Å². The van der Waals surface area contributed by atoms with Crippen LogP contribution in [-0.2, 0) is 4.74 Å². The number of hydrogen-bond donors (Lipinski definition) is 0. The molecule has 2 aliphatic rings. The van der Waals surface area contributed by atoms with Gasteiger partial charge < -0.3 is 4.74 Å². The molecule has 1 saturated carbocycles. The van der Waals surface area contributed by atoms with Crippen molar-refractivity contribution in [3.63, 3.8) is 0 Å². The van der Waals surface area contributed by atoms with Crippen LogP contribution in [-0.4, -0.2) is 12.2 Å². The third-order valence-corrected chi connectivity index (χ3v) is 3.13. The van der Waals surface area contributed by atoms with E-state index in [1.165, 1.54) is 25.7 Å². The number of hydrogen-bond acceptors (Lipinski definition) is 2. The summed E-state index contributed by atoms with van der Waals surface area (Å²) >= 11 is 0. The Kier molecular flexibility index (Phi) is 2.32. The molecule has 0 radical (unpaired) electrons. The molecule has 0 aromatic carbocycles. The van der Waals surface area contributed by atoms with Crippen LogP contribution in [0.3, 0.4) is 0 Å². The highest BCUT2D eigenvalue weighted by Gasteiger charge is 2.34. The van der Waals surface area contributed by atoms with Gasteiger partial charge in [0.15, 0.2) is 0 Å². The van der Waals surface area contributed by atoms with Crippen molar-refractivity contribution in [2.24, 2.45) is 5.92 Å². The van der Waals surface area contributed by atoms with Crippen LogP contribution in [0.4, 0.5) is 0 Å². The van der Waals surface area contributed by atoms with E-state index in [2.05, 4.69) is 6.07 Å². The molecule has 2 atom stereocenters. The largest absolute Gasteiger partial charge is 0.374 e. The lowest BCUT2D eigenvalue weighted by molar-refractivity contribution is -0.00994. The van der Waals surface area contributed by atoms with Gasteiger partial charge in [-0.15, -0.1) is 0 Å². The third kappa shape index (κ3) is 1.47. The Balaban J connectivity index is 1.78. The van der Waals surface area contributed by atoms with Gasteiger partial charge in [0.2, 0.25) is 0 Å². The fraction of sp³-hybridized carbons (Fsp3) is 0.900. The molecule has 0 amide bonds. The smallest absolute Gasteiger partial charge is 0.0709 e. The maximum absolute atomic E-state index is 8.49. The molecule has 2 rings (SSSR count). The predicted octanol–water partition coefficient (Wildman–Crippen LogP) is 2.25. The molecule has 1 aliphatic carbocycles. The van der Waals surface area contributed by atoms with Crippen LogP contribution in [0.25, 0.3) is 0 Å². The summed E-state index contributed by atoms with van der Waals surface area (Å²) in [5.74, 6) is 0.827. The molecular weight excluding hydrogens is 150 g/mol. The van der Waals surface area contributed by atoms with Gasteiger partial charge in [0.1, 0.15) is 0 Å². The molecule has 2 nitrogen and oxygen atoms in total. The maximum Gasteiger partial charge on any atom is 0.0709 e. The Morgan fingerprint density at radius 1 is 1.25 bits per heavy atom. The SMILES string of the molecule is N#CCC1CCC(C2CCC2)O1. The van der Waals surface area contributed by atoms with Crippen molar-refractivity contribution in [3.8, 4) is 6.07 Å². The van der Waals surface area contributed by atoms with Crippen molar-refractivity contribution in [1.82, 2.24) is 0 Å². The summed E-state index contributed by atoms with van der Waals surface area (Å²) in [6, 6.07) is 2.18. The van der Waals surface area contributed by atoms with E-state index in [1.807, 2.05) is 0 Å². The minimum absolute atomic E-state index is 0.251. The molecule has 2 fully saturated rings. The van der Waals surface area contributed by atoms with E-state index in [9.17, 15) is 0 Å². The predicted molar refractivity (Wildman–Crippen MR) is 45.5 cm³/mol. The van der Waals surface area contributed by atoms with Gasteiger partial charge in [-0.1, -0.05) is 6.42 Å². The first-order valence-electron chi connectivity index (χ1n) is 4.92. The van der Waals surface area contributed by atoms with Crippen LogP contribution < -0.4 is 0 Å².